The van der Waals surface area contributed by atoms with Gasteiger partial charge in [0.25, 0.3) is 17.7 Å². The molecular formula is C26H27N3O5S2. The fourth-order valence-electron chi connectivity index (χ4n) is 3.85. The standard InChI is InChI=1S/C26H27N3O5S2/c1-17-6-9-19(10-7-17)24(31)27-29-25(32)22(36-26(29)35)15-18-8-11-20(21(14-18)33-2)34-16-23(30)28-12-4-3-5-13-28/h6-11,14-15H,3-5,12-13,16H2,1-2H3,(H,27,31)/b22-15+. The first kappa shape index (κ1) is 25.7. The summed E-state index contributed by atoms with van der Waals surface area (Å²) in [7, 11) is 1.51. The SMILES string of the molecule is COc1cc(/C=C2/SC(=S)N(NC(=O)c3ccc(C)cc3)C2=O)ccc1OCC(=O)N1CCCCC1. The zero-order chi connectivity index (χ0) is 25.7. The van der Waals surface area contributed by atoms with Crippen molar-refractivity contribution in [1.82, 2.24) is 15.3 Å². The minimum atomic E-state index is -0.421. The van der Waals surface area contributed by atoms with Gasteiger partial charge < -0.3 is 14.4 Å². The number of carbonyl (C=O) groups is 3. The molecule has 2 aliphatic rings. The minimum Gasteiger partial charge on any atom is -0.493 e. The van der Waals surface area contributed by atoms with Crippen molar-refractivity contribution < 1.29 is 23.9 Å². The molecule has 3 amide bonds. The number of ether oxygens (including phenoxy) is 2. The number of carbonyl (C=O) groups excluding carboxylic acids is 3. The van der Waals surface area contributed by atoms with Gasteiger partial charge in [-0.3, -0.25) is 19.8 Å². The van der Waals surface area contributed by atoms with Crippen molar-refractivity contribution in [3.8, 4) is 11.5 Å². The van der Waals surface area contributed by atoms with Gasteiger partial charge in [-0.2, -0.15) is 5.01 Å². The lowest BCUT2D eigenvalue weighted by Gasteiger charge is -2.26. The number of nitrogens with one attached hydrogen (secondary N) is 1. The van der Waals surface area contributed by atoms with Gasteiger partial charge in [-0.1, -0.05) is 35.5 Å². The second-order valence-corrected chi connectivity index (χ2v) is 10.1. The van der Waals surface area contributed by atoms with Gasteiger partial charge in [-0.05, 0) is 74.3 Å². The van der Waals surface area contributed by atoms with Crippen LogP contribution in [0, 0.1) is 6.92 Å². The molecule has 2 aromatic rings. The van der Waals surface area contributed by atoms with Crippen LogP contribution in [0.25, 0.3) is 6.08 Å². The number of likely N-dealkylation sites (tertiary alicyclic amines) is 1. The van der Waals surface area contributed by atoms with Crippen molar-refractivity contribution >= 4 is 52.1 Å². The molecule has 0 unspecified atom stereocenters. The first-order chi connectivity index (χ1) is 17.4. The molecule has 2 aromatic carbocycles. The number of hydrogen-bond donors (Lipinski definition) is 1. The van der Waals surface area contributed by atoms with Crippen LogP contribution in [0.2, 0.25) is 0 Å². The molecule has 10 heteroatoms. The summed E-state index contributed by atoms with van der Waals surface area (Å²) in [4.78, 5) is 40.1. The van der Waals surface area contributed by atoms with E-state index in [9.17, 15) is 14.4 Å². The number of rotatable bonds is 7. The van der Waals surface area contributed by atoms with E-state index in [0.717, 1.165) is 54.7 Å². The number of methoxy groups -OCH3 is 1. The summed E-state index contributed by atoms with van der Waals surface area (Å²) in [5, 5.41) is 1.08. The summed E-state index contributed by atoms with van der Waals surface area (Å²) in [6.45, 7) is 3.40. The van der Waals surface area contributed by atoms with Crippen LogP contribution >= 0.6 is 24.0 Å². The summed E-state index contributed by atoms with van der Waals surface area (Å²) < 4.78 is 11.4. The Kier molecular flexibility index (Phi) is 8.27. The van der Waals surface area contributed by atoms with Gasteiger partial charge in [0.1, 0.15) is 0 Å². The van der Waals surface area contributed by atoms with E-state index in [2.05, 4.69) is 5.43 Å². The van der Waals surface area contributed by atoms with Gasteiger partial charge in [0.05, 0.1) is 12.0 Å². The molecule has 0 spiro atoms. The van der Waals surface area contributed by atoms with E-state index in [0.29, 0.717) is 27.5 Å². The number of thioether (sulfide) groups is 1. The van der Waals surface area contributed by atoms with E-state index in [1.165, 1.54) is 7.11 Å². The third-order valence-electron chi connectivity index (χ3n) is 5.87. The van der Waals surface area contributed by atoms with E-state index in [4.69, 9.17) is 21.7 Å². The van der Waals surface area contributed by atoms with Gasteiger partial charge >= 0.3 is 0 Å². The average Bonchev–Trinajstić information content (AvgIpc) is 3.15. The number of hydrazine groups is 1. The summed E-state index contributed by atoms with van der Waals surface area (Å²) >= 11 is 6.41. The van der Waals surface area contributed by atoms with Crippen molar-refractivity contribution in [3.05, 3.63) is 64.1 Å². The molecule has 4 rings (SSSR count). The maximum Gasteiger partial charge on any atom is 0.285 e. The van der Waals surface area contributed by atoms with Crippen LogP contribution < -0.4 is 14.9 Å². The van der Waals surface area contributed by atoms with Crippen LogP contribution in [0.1, 0.15) is 40.7 Å². The number of amides is 3. The Morgan fingerprint density at radius 3 is 2.50 bits per heavy atom. The van der Waals surface area contributed by atoms with Gasteiger partial charge in [-0.15, -0.1) is 0 Å². The van der Waals surface area contributed by atoms with Crippen LogP contribution in [-0.2, 0) is 9.59 Å². The second-order valence-electron chi connectivity index (χ2n) is 8.46. The maximum atomic E-state index is 12.9. The monoisotopic (exact) mass is 525 g/mol. The molecule has 36 heavy (non-hydrogen) atoms. The number of hydrogen-bond acceptors (Lipinski definition) is 7. The van der Waals surface area contributed by atoms with Crippen molar-refractivity contribution in [1.29, 1.82) is 0 Å². The smallest absolute Gasteiger partial charge is 0.285 e. The molecule has 0 radical (unpaired) electrons. The van der Waals surface area contributed by atoms with E-state index in [1.54, 1.807) is 36.4 Å². The Morgan fingerprint density at radius 2 is 1.81 bits per heavy atom. The number of aryl methyl sites for hydroxylation is 1. The number of benzene rings is 2. The lowest BCUT2D eigenvalue weighted by molar-refractivity contribution is -0.134. The highest BCUT2D eigenvalue weighted by Crippen LogP contribution is 2.34. The van der Waals surface area contributed by atoms with Crippen LogP contribution in [0.4, 0.5) is 0 Å². The summed E-state index contributed by atoms with van der Waals surface area (Å²) in [5.74, 6) is 0.000147. The number of piperidine rings is 1. The first-order valence-corrected chi connectivity index (χ1v) is 12.8. The van der Waals surface area contributed by atoms with E-state index in [-0.39, 0.29) is 16.8 Å². The molecule has 2 fully saturated rings. The molecule has 2 heterocycles. The average molecular weight is 526 g/mol. The molecule has 188 valence electrons. The summed E-state index contributed by atoms with van der Waals surface area (Å²) in [5.41, 5.74) is 4.72. The largest absolute Gasteiger partial charge is 0.493 e. The van der Waals surface area contributed by atoms with Crippen molar-refractivity contribution in [2.24, 2.45) is 0 Å². The highest BCUT2D eigenvalue weighted by Gasteiger charge is 2.34. The Bertz CT molecular complexity index is 1210. The van der Waals surface area contributed by atoms with Crippen molar-refractivity contribution in [2.75, 3.05) is 26.8 Å². The Balaban J connectivity index is 1.42. The van der Waals surface area contributed by atoms with E-state index in [1.807, 2.05) is 24.0 Å². The molecule has 0 bridgehead atoms. The zero-order valence-electron chi connectivity index (χ0n) is 20.1. The zero-order valence-corrected chi connectivity index (χ0v) is 21.7. The van der Waals surface area contributed by atoms with Crippen LogP contribution in [-0.4, -0.2) is 58.8 Å². The van der Waals surface area contributed by atoms with Crippen LogP contribution in [0.3, 0.4) is 0 Å². The van der Waals surface area contributed by atoms with Crippen LogP contribution in [0.5, 0.6) is 11.5 Å². The third-order valence-corrected chi connectivity index (χ3v) is 7.17. The second kappa shape index (κ2) is 11.6. The lowest BCUT2D eigenvalue weighted by Crippen LogP contribution is -2.44. The quantitative estimate of drug-likeness (QED) is 0.433. The fourth-order valence-corrected chi connectivity index (χ4v) is 5.03. The highest BCUT2D eigenvalue weighted by atomic mass is 32.2. The van der Waals surface area contributed by atoms with E-state index >= 15 is 0 Å². The molecular weight excluding hydrogens is 498 g/mol. The molecule has 0 aliphatic carbocycles. The lowest BCUT2D eigenvalue weighted by atomic mass is 10.1. The van der Waals surface area contributed by atoms with Gasteiger partial charge in [0.2, 0.25) is 0 Å². The molecule has 2 saturated heterocycles. The topological polar surface area (TPSA) is 88.2 Å². The number of thiocarbonyl (C=S) groups is 1. The van der Waals surface area contributed by atoms with Crippen LogP contribution in [0.15, 0.2) is 47.4 Å². The van der Waals surface area contributed by atoms with Crippen molar-refractivity contribution in [3.63, 3.8) is 0 Å². The number of nitrogens with zero attached hydrogens (tertiary/aromatic N) is 2. The normalized spacial score (nSPS) is 16.9. The Morgan fingerprint density at radius 1 is 1.08 bits per heavy atom. The first-order valence-electron chi connectivity index (χ1n) is 11.6. The summed E-state index contributed by atoms with van der Waals surface area (Å²) in [6, 6.07) is 12.2. The molecule has 1 N–H and O–H groups in total. The molecule has 2 aliphatic heterocycles. The predicted octanol–water partition coefficient (Wildman–Crippen LogP) is 3.94. The highest BCUT2D eigenvalue weighted by molar-refractivity contribution is 8.26. The summed E-state index contributed by atoms with van der Waals surface area (Å²) in [6.07, 6.45) is 4.86. The van der Waals surface area contributed by atoms with E-state index < -0.39 is 11.8 Å². The molecule has 8 nitrogen and oxygen atoms in total. The maximum absolute atomic E-state index is 12.9. The molecule has 0 aromatic heterocycles. The Labute approximate surface area is 219 Å². The Hall–Kier alpha value is -3.37. The van der Waals surface area contributed by atoms with Gasteiger partial charge in [-0.25, -0.2) is 0 Å². The fraction of sp³-hybridized carbons (Fsp3) is 0.308. The third kappa shape index (κ3) is 6.06. The van der Waals surface area contributed by atoms with Gasteiger partial charge in [0.15, 0.2) is 22.4 Å². The minimum absolute atomic E-state index is 0.0443. The molecule has 0 saturated carbocycles. The predicted molar refractivity (Wildman–Crippen MR) is 143 cm³/mol. The molecule has 0 atom stereocenters. The van der Waals surface area contributed by atoms with Crippen molar-refractivity contribution in [2.45, 2.75) is 26.2 Å². The van der Waals surface area contributed by atoms with Gasteiger partial charge in [0, 0.05) is 18.7 Å².